The van der Waals surface area contributed by atoms with Crippen LogP contribution in [-0.4, -0.2) is 15.8 Å². The summed E-state index contributed by atoms with van der Waals surface area (Å²) in [5, 5.41) is 7.59. The SMILES string of the molecule is Cn1ccc(-c2ccc(CNC3CC3)cc2F)n1. The molecule has 0 spiro atoms. The number of rotatable bonds is 4. The number of nitrogens with one attached hydrogen (secondary N) is 1. The summed E-state index contributed by atoms with van der Waals surface area (Å²) < 4.78 is 15.7. The number of halogens is 1. The monoisotopic (exact) mass is 245 g/mol. The van der Waals surface area contributed by atoms with Crippen molar-refractivity contribution in [1.82, 2.24) is 15.1 Å². The molecule has 1 heterocycles. The topological polar surface area (TPSA) is 29.9 Å². The van der Waals surface area contributed by atoms with Gasteiger partial charge in [0, 0.05) is 31.4 Å². The average molecular weight is 245 g/mol. The molecular formula is C14H16FN3. The van der Waals surface area contributed by atoms with Crippen molar-refractivity contribution >= 4 is 0 Å². The van der Waals surface area contributed by atoms with E-state index in [2.05, 4.69) is 10.4 Å². The molecule has 18 heavy (non-hydrogen) atoms. The second-order valence-corrected chi connectivity index (χ2v) is 4.84. The normalized spacial score (nSPS) is 15.0. The minimum Gasteiger partial charge on any atom is -0.310 e. The van der Waals surface area contributed by atoms with Crippen LogP contribution in [0.3, 0.4) is 0 Å². The third kappa shape index (κ3) is 2.43. The largest absolute Gasteiger partial charge is 0.310 e. The Labute approximate surface area is 106 Å². The molecule has 1 fully saturated rings. The molecule has 2 aromatic rings. The second kappa shape index (κ2) is 4.53. The van der Waals surface area contributed by atoms with Gasteiger partial charge in [-0.05, 0) is 36.6 Å². The lowest BCUT2D eigenvalue weighted by molar-refractivity contribution is 0.621. The molecule has 0 radical (unpaired) electrons. The van der Waals surface area contributed by atoms with Crippen LogP contribution in [0.25, 0.3) is 11.3 Å². The van der Waals surface area contributed by atoms with E-state index < -0.39 is 0 Å². The molecule has 1 aliphatic rings. The Morgan fingerprint density at radius 3 is 2.83 bits per heavy atom. The smallest absolute Gasteiger partial charge is 0.132 e. The van der Waals surface area contributed by atoms with Crippen molar-refractivity contribution in [2.75, 3.05) is 0 Å². The van der Waals surface area contributed by atoms with Crippen molar-refractivity contribution in [1.29, 1.82) is 0 Å². The van der Waals surface area contributed by atoms with Crippen LogP contribution in [0.5, 0.6) is 0 Å². The summed E-state index contributed by atoms with van der Waals surface area (Å²) in [4.78, 5) is 0. The zero-order chi connectivity index (χ0) is 12.5. The van der Waals surface area contributed by atoms with E-state index in [-0.39, 0.29) is 5.82 Å². The van der Waals surface area contributed by atoms with Crippen LogP contribution < -0.4 is 5.32 Å². The van der Waals surface area contributed by atoms with Crippen molar-refractivity contribution in [2.45, 2.75) is 25.4 Å². The lowest BCUT2D eigenvalue weighted by atomic mass is 10.1. The van der Waals surface area contributed by atoms with Crippen molar-refractivity contribution in [3.05, 3.63) is 41.8 Å². The van der Waals surface area contributed by atoms with E-state index in [4.69, 9.17) is 0 Å². The summed E-state index contributed by atoms with van der Waals surface area (Å²) in [6, 6.07) is 7.83. The maximum atomic E-state index is 14.0. The van der Waals surface area contributed by atoms with Gasteiger partial charge in [0.25, 0.3) is 0 Å². The van der Waals surface area contributed by atoms with Gasteiger partial charge in [-0.25, -0.2) is 4.39 Å². The maximum Gasteiger partial charge on any atom is 0.132 e. The first kappa shape index (κ1) is 11.4. The molecule has 1 aliphatic carbocycles. The standard InChI is InChI=1S/C14H16FN3/c1-18-7-6-14(17-18)12-5-2-10(8-13(12)15)9-16-11-3-4-11/h2,5-8,11,16H,3-4,9H2,1H3. The molecular weight excluding hydrogens is 229 g/mol. The number of nitrogens with zero attached hydrogens (tertiary/aromatic N) is 2. The van der Waals surface area contributed by atoms with Gasteiger partial charge in [-0.1, -0.05) is 6.07 Å². The molecule has 1 aromatic carbocycles. The van der Waals surface area contributed by atoms with Gasteiger partial charge in [-0.2, -0.15) is 5.10 Å². The predicted molar refractivity (Wildman–Crippen MR) is 68.5 cm³/mol. The number of hydrogen-bond acceptors (Lipinski definition) is 2. The molecule has 0 saturated heterocycles. The molecule has 94 valence electrons. The van der Waals surface area contributed by atoms with Gasteiger partial charge in [0.2, 0.25) is 0 Å². The minimum atomic E-state index is -0.205. The minimum absolute atomic E-state index is 0.205. The molecule has 1 aromatic heterocycles. The van der Waals surface area contributed by atoms with E-state index in [1.54, 1.807) is 10.7 Å². The quantitative estimate of drug-likeness (QED) is 0.896. The zero-order valence-corrected chi connectivity index (χ0v) is 10.4. The van der Waals surface area contributed by atoms with Crippen molar-refractivity contribution in [3.8, 4) is 11.3 Å². The van der Waals surface area contributed by atoms with E-state index in [0.29, 0.717) is 17.3 Å². The van der Waals surface area contributed by atoms with Gasteiger partial charge in [0.05, 0.1) is 5.69 Å². The van der Waals surface area contributed by atoms with Crippen LogP contribution in [0.1, 0.15) is 18.4 Å². The molecule has 0 bridgehead atoms. The molecule has 1 N–H and O–H groups in total. The highest BCUT2D eigenvalue weighted by atomic mass is 19.1. The molecule has 0 atom stereocenters. The zero-order valence-electron chi connectivity index (χ0n) is 10.4. The fourth-order valence-electron chi connectivity index (χ4n) is 1.98. The Balaban J connectivity index is 1.79. The summed E-state index contributed by atoms with van der Waals surface area (Å²) in [6.07, 6.45) is 4.31. The second-order valence-electron chi connectivity index (χ2n) is 4.84. The Morgan fingerprint density at radius 1 is 1.39 bits per heavy atom. The lowest BCUT2D eigenvalue weighted by Crippen LogP contribution is -2.15. The Morgan fingerprint density at radius 2 is 2.22 bits per heavy atom. The highest BCUT2D eigenvalue weighted by Crippen LogP contribution is 2.23. The van der Waals surface area contributed by atoms with E-state index in [1.807, 2.05) is 31.4 Å². The van der Waals surface area contributed by atoms with Crippen LogP contribution in [0, 0.1) is 5.82 Å². The van der Waals surface area contributed by atoms with E-state index >= 15 is 0 Å². The summed E-state index contributed by atoms with van der Waals surface area (Å²) in [5.41, 5.74) is 2.22. The number of benzene rings is 1. The van der Waals surface area contributed by atoms with E-state index in [1.165, 1.54) is 12.8 Å². The van der Waals surface area contributed by atoms with Crippen molar-refractivity contribution < 1.29 is 4.39 Å². The lowest BCUT2D eigenvalue weighted by Gasteiger charge is -2.05. The van der Waals surface area contributed by atoms with Crippen LogP contribution in [0.2, 0.25) is 0 Å². The van der Waals surface area contributed by atoms with Crippen molar-refractivity contribution in [3.63, 3.8) is 0 Å². The van der Waals surface area contributed by atoms with Crippen LogP contribution in [0.4, 0.5) is 4.39 Å². The Bertz CT molecular complexity index is 558. The van der Waals surface area contributed by atoms with Gasteiger partial charge >= 0.3 is 0 Å². The Kier molecular flexibility index (Phi) is 2.88. The molecule has 0 amide bonds. The number of aromatic nitrogens is 2. The van der Waals surface area contributed by atoms with Gasteiger partial charge < -0.3 is 5.32 Å². The predicted octanol–water partition coefficient (Wildman–Crippen LogP) is 2.48. The summed E-state index contributed by atoms with van der Waals surface area (Å²) in [7, 11) is 1.83. The highest BCUT2D eigenvalue weighted by molar-refractivity contribution is 5.59. The molecule has 0 aliphatic heterocycles. The fourth-order valence-corrected chi connectivity index (χ4v) is 1.98. The molecule has 4 heteroatoms. The van der Waals surface area contributed by atoms with Crippen LogP contribution >= 0.6 is 0 Å². The summed E-state index contributed by atoms with van der Waals surface area (Å²) in [5.74, 6) is -0.205. The molecule has 3 rings (SSSR count). The fraction of sp³-hybridized carbons (Fsp3) is 0.357. The third-order valence-electron chi connectivity index (χ3n) is 3.20. The Hall–Kier alpha value is -1.68. The number of hydrogen-bond donors (Lipinski definition) is 1. The first-order valence-electron chi connectivity index (χ1n) is 6.24. The summed E-state index contributed by atoms with van der Waals surface area (Å²) in [6.45, 7) is 0.740. The highest BCUT2D eigenvalue weighted by Gasteiger charge is 2.20. The maximum absolute atomic E-state index is 14.0. The number of aryl methyl sites for hydroxylation is 1. The van der Waals surface area contributed by atoms with Gasteiger partial charge in [0.1, 0.15) is 5.82 Å². The first-order valence-corrected chi connectivity index (χ1v) is 6.24. The third-order valence-corrected chi connectivity index (χ3v) is 3.20. The first-order chi connectivity index (χ1) is 8.72. The summed E-state index contributed by atoms with van der Waals surface area (Å²) >= 11 is 0. The van der Waals surface area contributed by atoms with Crippen LogP contribution in [-0.2, 0) is 13.6 Å². The average Bonchev–Trinajstić information content (AvgIpc) is 3.09. The molecule has 1 saturated carbocycles. The van der Waals surface area contributed by atoms with Gasteiger partial charge in [-0.3, -0.25) is 4.68 Å². The van der Waals surface area contributed by atoms with Gasteiger partial charge in [-0.15, -0.1) is 0 Å². The molecule has 0 unspecified atom stereocenters. The van der Waals surface area contributed by atoms with Gasteiger partial charge in [0.15, 0.2) is 0 Å². The van der Waals surface area contributed by atoms with E-state index in [0.717, 1.165) is 12.1 Å². The van der Waals surface area contributed by atoms with E-state index in [9.17, 15) is 4.39 Å². The van der Waals surface area contributed by atoms with Crippen molar-refractivity contribution in [2.24, 2.45) is 7.05 Å². The van der Waals surface area contributed by atoms with Crippen LogP contribution in [0.15, 0.2) is 30.5 Å². The molecule has 3 nitrogen and oxygen atoms in total.